The lowest BCUT2D eigenvalue weighted by molar-refractivity contribution is -0.143. The maximum absolute atomic E-state index is 12.5. The van der Waals surface area contributed by atoms with E-state index in [1.54, 1.807) is 4.90 Å². The van der Waals surface area contributed by atoms with Crippen LogP contribution >= 0.6 is 0 Å². The molecule has 6 heteroatoms. The fraction of sp³-hybridized carbons (Fsp3) is 0.556. The van der Waals surface area contributed by atoms with E-state index in [9.17, 15) is 9.59 Å². The van der Waals surface area contributed by atoms with E-state index >= 15 is 0 Å². The Morgan fingerprint density at radius 2 is 1.96 bits per heavy atom. The first-order valence-electron chi connectivity index (χ1n) is 8.41. The molecule has 1 saturated heterocycles. The van der Waals surface area contributed by atoms with Crippen LogP contribution in [0, 0.1) is 6.92 Å². The van der Waals surface area contributed by atoms with Gasteiger partial charge in [-0.25, -0.2) is 0 Å². The first-order valence-corrected chi connectivity index (χ1v) is 8.41. The number of morpholine rings is 1. The van der Waals surface area contributed by atoms with Gasteiger partial charge in [-0.05, 0) is 38.5 Å². The molecular weight excluding hydrogens is 308 g/mol. The smallest absolute Gasteiger partial charge is 0.265 e. The van der Waals surface area contributed by atoms with E-state index in [-0.39, 0.29) is 30.6 Å². The van der Waals surface area contributed by atoms with Gasteiger partial charge < -0.3 is 19.3 Å². The molecule has 1 aromatic rings. The third-order valence-corrected chi connectivity index (χ3v) is 4.38. The zero-order valence-corrected chi connectivity index (χ0v) is 14.4. The highest BCUT2D eigenvalue weighted by Crippen LogP contribution is 2.32. The predicted molar refractivity (Wildman–Crippen MR) is 90.2 cm³/mol. The molecule has 2 aliphatic heterocycles. The number of carbonyl (C=O) groups excluding carboxylic acids is 2. The van der Waals surface area contributed by atoms with Crippen molar-refractivity contribution in [2.75, 3.05) is 31.1 Å². The SMILES string of the molecule is Cc1ccc2c(c1)OCC(=O)N2CCC(=O)N1CC(C)OC(C)C1. The van der Waals surface area contributed by atoms with Gasteiger partial charge in [0, 0.05) is 26.1 Å². The van der Waals surface area contributed by atoms with Gasteiger partial charge in [-0.1, -0.05) is 6.07 Å². The number of anilines is 1. The van der Waals surface area contributed by atoms with Crippen molar-refractivity contribution in [2.45, 2.75) is 39.4 Å². The van der Waals surface area contributed by atoms with Crippen LogP contribution in [0.2, 0.25) is 0 Å². The maximum atomic E-state index is 12.5. The first kappa shape index (κ1) is 16.8. The largest absolute Gasteiger partial charge is 0.482 e. The molecule has 2 aliphatic rings. The number of amides is 2. The molecule has 2 atom stereocenters. The Hall–Kier alpha value is -2.08. The van der Waals surface area contributed by atoms with Crippen LogP contribution < -0.4 is 9.64 Å². The van der Waals surface area contributed by atoms with Crippen LogP contribution in [0.4, 0.5) is 5.69 Å². The quantitative estimate of drug-likeness (QED) is 0.846. The fourth-order valence-corrected chi connectivity index (χ4v) is 3.30. The average molecular weight is 332 g/mol. The van der Waals surface area contributed by atoms with E-state index in [4.69, 9.17) is 9.47 Å². The average Bonchev–Trinajstić information content (AvgIpc) is 2.53. The number of carbonyl (C=O) groups is 2. The molecule has 0 N–H and O–H groups in total. The molecule has 1 aromatic carbocycles. The van der Waals surface area contributed by atoms with Crippen LogP contribution in [0.3, 0.4) is 0 Å². The zero-order chi connectivity index (χ0) is 17.3. The number of benzene rings is 1. The van der Waals surface area contributed by atoms with Crippen molar-refractivity contribution in [3.63, 3.8) is 0 Å². The minimum atomic E-state index is -0.108. The van der Waals surface area contributed by atoms with Gasteiger partial charge in [0.1, 0.15) is 5.75 Å². The van der Waals surface area contributed by atoms with E-state index in [0.717, 1.165) is 11.3 Å². The lowest BCUT2D eigenvalue weighted by Crippen LogP contribution is -2.49. The Morgan fingerprint density at radius 3 is 2.67 bits per heavy atom. The van der Waals surface area contributed by atoms with Gasteiger partial charge in [-0.15, -0.1) is 0 Å². The Kier molecular flexibility index (Phi) is 4.76. The summed E-state index contributed by atoms with van der Waals surface area (Å²) in [6.07, 6.45) is 0.399. The Morgan fingerprint density at radius 1 is 1.25 bits per heavy atom. The summed E-state index contributed by atoms with van der Waals surface area (Å²) in [5.41, 5.74) is 1.82. The second kappa shape index (κ2) is 6.81. The lowest BCUT2D eigenvalue weighted by Gasteiger charge is -2.36. The van der Waals surface area contributed by atoms with E-state index in [1.165, 1.54) is 0 Å². The van der Waals surface area contributed by atoms with Crippen molar-refractivity contribution in [1.82, 2.24) is 4.90 Å². The third kappa shape index (κ3) is 3.53. The number of aryl methyl sites for hydroxylation is 1. The highest BCUT2D eigenvalue weighted by molar-refractivity contribution is 5.98. The third-order valence-electron chi connectivity index (χ3n) is 4.38. The highest BCUT2D eigenvalue weighted by Gasteiger charge is 2.29. The van der Waals surface area contributed by atoms with Crippen molar-refractivity contribution in [3.8, 4) is 5.75 Å². The van der Waals surface area contributed by atoms with Crippen LogP contribution in [0.15, 0.2) is 18.2 Å². The van der Waals surface area contributed by atoms with Crippen molar-refractivity contribution < 1.29 is 19.1 Å². The molecule has 130 valence electrons. The molecule has 1 fully saturated rings. The second-order valence-corrected chi connectivity index (χ2v) is 6.61. The number of fused-ring (bicyclic) bond motifs is 1. The summed E-state index contributed by atoms with van der Waals surface area (Å²) < 4.78 is 11.2. The highest BCUT2D eigenvalue weighted by atomic mass is 16.5. The van der Waals surface area contributed by atoms with E-state index in [2.05, 4.69) is 0 Å². The monoisotopic (exact) mass is 332 g/mol. The van der Waals surface area contributed by atoms with E-state index in [1.807, 2.05) is 43.9 Å². The molecule has 2 heterocycles. The molecule has 3 rings (SSSR count). The Balaban J connectivity index is 1.66. The summed E-state index contributed by atoms with van der Waals surface area (Å²) in [5, 5.41) is 0. The normalized spacial score (nSPS) is 23.7. The summed E-state index contributed by atoms with van der Waals surface area (Å²) in [4.78, 5) is 28.2. The van der Waals surface area contributed by atoms with Crippen LogP contribution in [-0.4, -0.2) is 55.2 Å². The van der Waals surface area contributed by atoms with Gasteiger partial charge >= 0.3 is 0 Å². The lowest BCUT2D eigenvalue weighted by atomic mass is 10.1. The summed E-state index contributed by atoms with van der Waals surface area (Å²) >= 11 is 0. The Labute approximate surface area is 142 Å². The number of hydrogen-bond donors (Lipinski definition) is 0. The standard InChI is InChI=1S/C18H24N2O4/c1-12-4-5-15-16(8-12)23-11-18(22)20(15)7-6-17(21)19-9-13(2)24-14(3)10-19/h4-5,8,13-14H,6-7,9-11H2,1-3H3. The maximum Gasteiger partial charge on any atom is 0.265 e. The van der Waals surface area contributed by atoms with E-state index < -0.39 is 0 Å². The molecule has 2 amide bonds. The first-order chi connectivity index (χ1) is 11.4. The fourth-order valence-electron chi connectivity index (χ4n) is 3.30. The summed E-state index contributed by atoms with van der Waals surface area (Å²) in [6.45, 7) is 7.54. The molecule has 24 heavy (non-hydrogen) atoms. The summed E-state index contributed by atoms with van der Waals surface area (Å²) in [6, 6.07) is 5.74. The molecule has 0 radical (unpaired) electrons. The Bertz CT molecular complexity index is 636. The zero-order valence-electron chi connectivity index (χ0n) is 14.4. The summed E-state index contributed by atoms with van der Waals surface area (Å²) in [5.74, 6) is 0.656. The molecule has 0 aromatic heterocycles. The summed E-state index contributed by atoms with van der Waals surface area (Å²) in [7, 11) is 0. The minimum Gasteiger partial charge on any atom is -0.482 e. The molecule has 0 saturated carbocycles. The molecule has 0 bridgehead atoms. The van der Waals surface area contributed by atoms with Crippen LogP contribution in [0.25, 0.3) is 0 Å². The minimum absolute atomic E-state index is 0.0241. The van der Waals surface area contributed by atoms with E-state index in [0.29, 0.717) is 31.8 Å². The van der Waals surface area contributed by atoms with Gasteiger partial charge in [-0.2, -0.15) is 0 Å². The number of rotatable bonds is 3. The molecule has 0 spiro atoms. The van der Waals surface area contributed by atoms with Crippen LogP contribution in [0.1, 0.15) is 25.8 Å². The van der Waals surface area contributed by atoms with Crippen molar-refractivity contribution in [1.29, 1.82) is 0 Å². The van der Waals surface area contributed by atoms with Crippen LogP contribution in [0.5, 0.6) is 5.75 Å². The number of nitrogens with zero attached hydrogens (tertiary/aromatic N) is 2. The molecule has 0 aliphatic carbocycles. The molecule has 6 nitrogen and oxygen atoms in total. The van der Waals surface area contributed by atoms with Gasteiger partial charge in [0.15, 0.2) is 6.61 Å². The van der Waals surface area contributed by atoms with Gasteiger partial charge in [0.05, 0.1) is 17.9 Å². The molecule has 2 unspecified atom stereocenters. The van der Waals surface area contributed by atoms with Gasteiger partial charge in [0.25, 0.3) is 5.91 Å². The molecular formula is C18H24N2O4. The van der Waals surface area contributed by atoms with Crippen LogP contribution in [-0.2, 0) is 14.3 Å². The second-order valence-electron chi connectivity index (χ2n) is 6.61. The topological polar surface area (TPSA) is 59.1 Å². The van der Waals surface area contributed by atoms with Crippen molar-refractivity contribution in [3.05, 3.63) is 23.8 Å². The number of ether oxygens (including phenoxy) is 2. The van der Waals surface area contributed by atoms with Gasteiger partial charge in [-0.3, -0.25) is 9.59 Å². The van der Waals surface area contributed by atoms with Crippen molar-refractivity contribution >= 4 is 17.5 Å². The van der Waals surface area contributed by atoms with Gasteiger partial charge in [0.2, 0.25) is 5.91 Å². The predicted octanol–water partition coefficient (Wildman–Crippen LogP) is 1.75. The van der Waals surface area contributed by atoms with Crippen molar-refractivity contribution in [2.24, 2.45) is 0 Å². The number of hydrogen-bond acceptors (Lipinski definition) is 4.